The van der Waals surface area contributed by atoms with Crippen LogP contribution in [0.2, 0.25) is 0 Å². The van der Waals surface area contributed by atoms with Crippen molar-refractivity contribution < 1.29 is 4.79 Å². The molecule has 2 rings (SSSR count). The van der Waals surface area contributed by atoms with Gasteiger partial charge in [-0.25, -0.2) is 0 Å². The molecule has 20 heavy (non-hydrogen) atoms. The standard InChI is InChI=1S/C15H22N2OS.ClH/c1-17(12-6-8-13(19-2)9-7-12)14(18)15(16)10-4-3-5-11-15;/h6-9H,3-5,10-11,16H2,1-2H3;1H. The van der Waals surface area contributed by atoms with Crippen molar-refractivity contribution in [2.45, 2.75) is 42.5 Å². The van der Waals surface area contributed by atoms with Crippen molar-refractivity contribution in [3.8, 4) is 0 Å². The average Bonchev–Trinajstić information content (AvgIpc) is 2.46. The van der Waals surface area contributed by atoms with E-state index in [1.165, 1.54) is 11.3 Å². The van der Waals surface area contributed by atoms with E-state index < -0.39 is 5.54 Å². The largest absolute Gasteiger partial charge is 0.317 e. The van der Waals surface area contributed by atoms with E-state index in [4.69, 9.17) is 5.73 Å². The summed E-state index contributed by atoms with van der Waals surface area (Å²) < 4.78 is 0. The van der Waals surface area contributed by atoms with Crippen LogP contribution in [0.1, 0.15) is 32.1 Å². The van der Waals surface area contributed by atoms with Crippen LogP contribution in [0.4, 0.5) is 5.69 Å². The number of rotatable bonds is 3. The van der Waals surface area contributed by atoms with Crippen LogP contribution in [0.5, 0.6) is 0 Å². The van der Waals surface area contributed by atoms with Crippen molar-refractivity contribution in [3.63, 3.8) is 0 Å². The molecular formula is C15H23ClN2OS. The molecule has 2 N–H and O–H groups in total. The number of hydrogen-bond donors (Lipinski definition) is 1. The third kappa shape index (κ3) is 3.68. The van der Waals surface area contributed by atoms with E-state index in [1.54, 1.807) is 16.7 Å². The van der Waals surface area contributed by atoms with E-state index in [0.29, 0.717) is 0 Å². The maximum Gasteiger partial charge on any atom is 0.246 e. The summed E-state index contributed by atoms with van der Waals surface area (Å²) in [5, 5.41) is 0. The SMILES string of the molecule is CSc1ccc(N(C)C(=O)C2(N)CCCCC2)cc1.Cl. The van der Waals surface area contributed by atoms with Gasteiger partial charge in [-0.15, -0.1) is 24.2 Å². The molecule has 5 heteroatoms. The molecule has 1 fully saturated rings. The monoisotopic (exact) mass is 314 g/mol. The van der Waals surface area contributed by atoms with Gasteiger partial charge >= 0.3 is 0 Å². The van der Waals surface area contributed by atoms with E-state index in [-0.39, 0.29) is 18.3 Å². The second kappa shape index (κ2) is 7.34. The van der Waals surface area contributed by atoms with Crippen LogP contribution >= 0.6 is 24.2 Å². The minimum absolute atomic E-state index is 0. The Bertz CT molecular complexity index is 444. The molecule has 0 aliphatic heterocycles. The number of likely N-dealkylation sites (N-methyl/N-ethyl adjacent to an activating group) is 1. The third-order valence-electron chi connectivity index (χ3n) is 3.94. The number of carbonyl (C=O) groups is 1. The van der Waals surface area contributed by atoms with E-state index in [1.807, 2.05) is 37.6 Å². The molecule has 112 valence electrons. The Hall–Kier alpha value is -0.710. The number of halogens is 1. The zero-order valence-electron chi connectivity index (χ0n) is 12.1. The summed E-state index contributed by atoms with van der Waals surface area (Å²) in [6.07, 6.45) is 6.96. The third-order valence-corrected chi connectivity index (χ3v) is 4.68. The summed E-state index contributed by atoms with van der Waals surface area (Å²) in [7, 11) is 1.82. The molecule has 0 spiro atoms. The van der Waals surface area contributed by atoms with E-state index in [2.05, 4.69) is 0 Å². The highest BCUT2D eigenvalue weighted by Gasteiger charge is 2.37. The first-order chi connectivity index (χ1) is 9.07. The lowest BCUT2D eigenvalue weighted by molar-refractivity contribution is -0.124. The highest BCUT2D eigenvalue weighted by atomic mass is 35.5. The average molecular weight is 315 g/mol. The van der Waals surface area contributed by atoms with Gasteiger partial charge in [0.2, 0.25) is 5.91 Å². The van der Waals surface area contributed by atoms with Gasteiger partial charge in [-0.3, -0.25) is 4.79 Å². The molecule has 0 radical (unpaired) electrons. The van der Waals surface area contributed by atoms with Gasteiger partial charge in [0.15, 0.2) is 0 Å². The molecule has 1 aliphatic carbocycles. The first-order valence-electron chi connectivity index (χ1n) is 6.78. The molecule has 3 nitrogen and oxygen atoms in total. The molecule has 0 aromatic heterocycles. The zero-order valence-corrected chi connectivity index (χ0v) is 13.7. The number of carbonyl (C=O) groups excluding carboxylic acids is 1. The molecule has 1 saturated carbocycles. The van der Waals surface area contributed by atoms with Crippen LogP contribution in [-0.4, -0.2) is 24.7 Å². The molecule has 0 atom stereocenters. The van der Waals surface area contributed by atoms with Crippen LogP contribution in [0.25, 0.3) is 0 Å². The first-order valence-corrected chi connectivity index (χ1v) is 8.00. The first kappa shape index (κ1) is 17.3. The van der Waals surface area contributed by atoms with E-state index in [0.717, 1.165) is 31.4 Å². The summed E-state index contributed by atoms with van der Waals surface area (Å²) in [6.45, 7) is 0. The lowest BCUT2D eigenvalue weighted by Gasteiger charge is -2.35. The number of nitrogens with zero attached hydrogens (tertiary/aromatic N) is 1. The highest BCUT2D eigenvalue weighted by molar-refractivity contribution is 7.98. The number of anilines is 1. The van der Waals surface area contributed by atoms with Crippen LogP contribution in [0.15, 0.2) is 29.2 Å². The minimum Gasteiger partial charge on any atom is -0.317 e. The van der Waals surface area contributed by atoms with Crippen molar-refractivity contribution in [3.05, 3.63) is 24.3 Å². The Morgan fingerprint density at radius 1 is 1.20 bits per heavy atom. The van der Waals surface area contributed by atoms with E-state index >= 15 is 0 Å². The van der Waals surface area contributed by atoms with Crippen molar-refractivity contribution in [2.24, 2.45) is 5.73 Å². The second-order valence-electron chi connectivity index (χ2n) is 5.28. The van der Waals surface area contributed by atoms with Gasteiger partial charge in [-0.2, -0.15) is 0 Å². The number of thioether (sulfide) groups is 1. The topological polar surface area (TPSA) is 46.3 Å². The zero-order chi connectivity index (χ0) is 13.9. The highest BCUT2D eigenvalue weighted by Crippen LogP contribution is 2.29. The van der Waals surface area contributed by atoms with Gasteiger partial charge < -0.3 is 10.6 Å². The van der Waals surface area contributed by atoms with Crippen molar-refractivity contribution >= 4 is 35.8 Å². The normalized spacial score (nSPS) is 17.1. The van der Waals surface area contributed by atoms with Crippen molar-refractivity contribution in [1.29, 1.82) is 0 Å². The molecule has 0 heterocycles. The van der Waals surface area contributed by atoms with Gasteiger partial charge in [0.05, 0.1) is 5.54 Å². The summed E-state index contributed by atoms with van der Waals surface area (Å²) >= 11 is 1.70. The van der Waals surface area contributed by atoms with Crippen LogP contribution < -0.4 is 10.6 Å². The van der Waals surface area contributed by atoms with Gasteiger partial charge in [-0.05, 0) is 43.4 Å². The minimum atomic E-state index is -0.662. The molecule has 1 aliphatic rings. The number of amides is 1. The number of nitrogens with two attached hydrogens (primary N) is 1. The molecular weight excluding hydrogens is 292 g/mol. The van der Waals surface area contributed by atoms with Crippen molar-refractivity contribution in [2.75, 3.05) is 18.2 Å². The fourth-order valence-electron chi connectivity index (χ4n) is 2.65. The molecule has 0 unspecified atom stereocenters. The van der Waals surface area contributed by atoms with Gasteiger partial charge in [-0.1, -0.05) is 19.3 Å². The Kier molecular flexibility index (Phi) is 6.37. The molecule has 0 bridgehead atoms. The van der Waals surface area contributed by atoms with Crippen molar-refractivity contribution in [1.82, 2.24) is 0 Å². The molecule has 1 aromatic rings. The van der Waals surface area contributed by atoms with Gasteiger partial charge in [0, 0.05) is 17.6 Å². The fourth-order valence-corrected chi connectivity index (χ4v) is 3.06. The van der Waals surface area contributed by atoms with Crippen LogP contribution in [-0.2, 0) is 4.79 Å². The maximum atomic E-state index is 12.6. The fraction of sp³-hybridized carbons (Fsp3) is 0.533. The molecule has 1 amide bonds. The lowest BCUT2D eigenvalue weighted by atomic mass is 9.81. The summed E-state index contributed by atoms with van der Waals surface area (Å²) in [4.78, 5) is 15.5. The predicted octanol–water partition coefficient (Wildman–Crippen LogP) is 3.45. The van der Waals surface area contributed by atoms with E-state index in [9.17, 15) is 4.79 Å². The van der Waals surface area contributed by atoms with Crippen LogP contribution in [0, 0.1) is 0 Å². The Morgan fingerprint density at radius 2 is 1.75 bits per heavy atom. The Labute approximate surface area is 131 Å². The maximum absolute atomic E-state index is 12.6. The lowest BCUT2D eigenvalue weighted by Crippen LogP contribution is -2.55. The van der Waals surface area contributed by atoms with Gasteiger partial charge in [0.25, 0.3) is 0 Å². The number of hydrogen-bond acceptors (Lipinski definition) is 3. The molecule has 0 saturated heterocycles. The van der Waals surface area contributed by atoms with Gasteiger partial charge in [0.1, 0.15) is 0 Å². The summed E-state index contributed by atoms with van der Waals surface area (Å²) in [5.41, 5.74) is 6.56. The summed E-state index contributed by atoms with van der Waals surface area (Å²) in [5.74, 6) is 0.0455. The quantitative estimate of drug-likeness (QED) is 0.869. The predicted molar refractivity (Wildman–Crippen MR) is 88.9 cm³/mol. The Balaban J connectivity index is 0.00000200. The van der Waals surface area contributed by atoms with Crippen LogP contribution in [0.3, 0.4) is 0 Å². The number of benzene rings is 1. The molecule has 1 aromatic carbocycles. The summed E-state index contributed by atoms with van der Waals surface area (Å²) in [6, 6.07) is 8.04. The Morgan fingerprint density at radius 3 is 2.25 bits per heavy atom. The second-order valence-corrected chi connectivity index (χ2v) is 6.16. The smallest absolute Gasteiger partial charge is 0.246 e.